The third kappa shape index (κ3) is 6.53. The van der Waals surface area contributed by atoms with E-state index in [4.69, 9.17) is 0 Å². The van der Waals surface area contributed by atoms with Crippen molar-refractivity contribution in [3.8, 4) is 0 Å². The Hall–Kier alpha value is -0.940. The van der Waals surface area contributed by atoms with E-state index in [1.54, 1.807) is 11.9 Å². The number of rotatable bonds is 8. The second-order valence-corrected chi connectivity index (χ2v) is 4.18. The summed E-state index contributed by atoms with van der Waals surface area (Å²) in [5, 5.41) is 2.81. The second kappa shape index (κ2) is 8.24. The van der Waals surface area contributed by atoms with E-state index in [0.29, 0.717) is 6.54 Å². The van der Waals surface area contributed by atoms with Crippen LogP contribution in [0.1, 0.15) is 13.3 Å². The molecule has 0 saturated carbocycles. The van der Waals surface area contributed by atoms with Crippen LogP contribution in [0.2, 0.25) is 0 Å². The van der Waals surface area contributed by atoms with Gasteiger partial charge in [-0.1, -0.05) is 6.92 Å². The summed E-state index contributed by atoms with van der Waals surface area (Å²) in [5.74, 6) is -0.0374. The minimum Gasteiger partial charge on any atom is -0.354 e. The molecule has 1 atom stereocenters. The van der Waals surface area contributed by atoms with E-state index >= 15 is 0 Å². The Morgan fingerprint density at radius 3 is 2.44 bits per heavy atom. The molecule has 1 N–H and O–H groups in total. The van der Waals surface area contributed by atoms with E-state index in [9.17, 15) is 9.59 Å². The molecule has 0 aliphatic rings. The molecule has 0 aliphatic heterocycles. The first-order valence-corrected chi connectivity index (χ1v) is 5.58. The number of nitrogens with zero attached hydrogens (tertiary/aromatic N) is 2. The molecule has 0 rings (SSSR count). The standard InChI is InChI=1S/C11H23N3O2/c1-5-10(9-15)14(4)8-11(16)12-6-7-13(2)3/h9-10H,5-8H2,1-4H3,(H,12,16). The van der Waals surface area contributed by atoms with E-state index in [2.05, 4.69) is 5.32 Å². The lowest BCUT2D eigenvalue weighted by Gasteiger charge is -2.21. The van der Waals surface area contributed by atoms with Crippen LogP contribution < -0.4 is 5.32 Å². The molecule has 94 valence electrons. The van der Waals surface area contributed by atoms with Crippen molar-refractivity contribution in [3.05, 3.63) is 0 Å². The molecule has 0 aromatic heterocycles. The Morgan fingerprint density at radius 2 is 2.00 bits per heavy atom. The number of likely N-dealkylation sites (N-methyl/N-ethyl adjacent to an activating group) is 2. The predicted molar refractivity (Wildman–Crippen MR) is 64.3 cm³/mol. The highest BCUT2D eigenvalue weighted by Crippen LogP contribution is 1.97. The zero-order valence-electron chi connectivity index (χ0n) is 10.7. The van der Waals surface area contributed by atoms with Crippen LogP contribution in [-0.4, -0.2) is 68.8 Å². The summed E-state index contributed by atoms with van der Waals surface area (Å²) >= 11 is 0. The fourth-order valence-electron chi connectivity index (χ4n) is 1.33. The smallest absolute Gasteiger partial charge is 0.234 e. The highest BCUT2D eigenvalue weighted by Gasteiger charge is 2.14. The summed E-state index contributed by atoms with van der Waals surface area (Å²) < 4.78 is 0. The van der Waals surface area contributed by atoms with Crippen LogP contribution in [0, 0.1) is 0 Å². The Labute approximate surface area is 97.8 Å². The maximum absolute atomic E-state index is 11.5. The summed E-state index contributed by atoms with van der Waals surface area (Å²) in [6.45, 7) is 3.65. The number of carbonyl (C=O) groups is 2. The summed E-state index contributed by atoms with van der Waals surface area (Å²) in [6.07, 6.45) is 1.61. The van der Waals surface area contributed by atoms with Gasteiger partial charge >= 0.3 is 0 Å². The molecule has 0 heterocycles. The van der Waals surface area contributed by atoms with Crippen LogP contribution in [0.15, 0.2) is 0 Å². The Bertz CT molecular complexity index is 219. The quantitative estimate of drug-likeness (QED) is 0.574. The Kier molecular flexibility index (Phi) is 7.76. The molecule has 1 unspecified atom stereocenters. The van der Waals surface area contributed by atoms with Crippen molar-refractivity contribution in [2.45, 2.75) is 19.4 Å². The largest absolute Gasteiger partial charge is 0.354 e. The van der Waals surface area contributed by atoms with E-state index in [1.165, 1.54) is 0 Å². The van der Waals surface area contributed by atoms with Gasteiger partial charge in [-0.15, -0.1) is 0 Å². The van der Waals surface area contributed by atoms with Crippen LogP contribution >= 0.6 is 0 Å². The molecule has 5 heteroatoms. The molecule has 0 saturated heterocycles. The minimum atomic E-state index is -0.167. The first-order chi connectivity index (χ1) is 7.51. The summed E-state index contributed by atoms with van der Waals surface area (Å²) in [4.78, 5) is 25.9. The van der Waals surface area contributed by atoms with Gasteiger partial charge in [0, 0.05) is 13.1 Å². The van der Waals surface area contributed by atoms with Gasteiger partial charge in [-0.2, -0.15) is 0 Å². The Morgan fingerprint density at radius 1 is 1.38 bits per heavy atom. The number of hydrogen-bond donors (Lipinski definition) is 1. The summed E-state index contributed by atoms with van der Waals surface area (Å²) in [6, 6.07) is -0.167. The van der Waals surface area contributed by atoms with Crippen molar-refractivity contribution in [3.63, 3.8) is 0 Å². The van der Waals surface area contributed by atoms with Gasteiger partial charge in [0.2, 0.25) is 5.91 Å². The van der Waals surface area contributed by atoms with Crippen LogP contribution in [-0.2, 0) is 9.59 Å². The van der Waals surface area contributed by atoms with Gasteiger partial charge in [0.05, 0.1) is 12.6 Å². The average Bonchev–Trinajstić information content (AvgIpc) is 2.18. The van der Waals surface area contributed by atoms with Gasteiger partial charge in [0.1, 0.15) is 6.29 Å². The highest BCUT2D eigenvalue weighted by atomic mass is 16.2. The lowest BCUT2D eigenvalue weighted by atomic mass is 10.2. The highest BCUT2D eigenvalue weighted by molar-refractivity contribution is 5.78. The van der Waals surface area contributed by atoms with Crippen molar-refractivity contribution in [1.82, 2.24) is 15.1 Å². The van der Waals surface area contributed by atoms with E-state index in [0.717, 1.165) is 19.3 Å². The molecule has 16 heavy (non-hydrogen) atoms. The van der Waals surface area contributed by atoms with Gasteiger partial charge in [-0.25, -0.2) is 0 Å². The van der Waals surface area contributed by atoms with Crippen molar-refractivity contribution in [1.29, 1.82) is 0 Å². The average molecular weight is 229 g/mol. The maximum Gasteiger partial charge on any atom is 0.234 e. The topological polar surface area (TPSA) is 52.7 Å². The van der Waals surface area contributed by atoms with Crippen molar-refractivity contribution in [2.24, 2.45) is 0 Å². The van der Waals surface area contributed by atoms with Crippen molar-refractivity contribution < 1.29 is 9.59 Å². The fraction of sp³-hybridized carbons (Fsp3) is 0.818. The summed E-state index contributed by atoms with van der Waals surface area (Å²) in [5.41, 5.74) is 0. The first-order valence-electron chi connectivity index (χ1n) is 5.58. The maximum atomic E-state index is 11.5. The normalized spacial score (nSPS) is 12.9. The zero-order chi connectivity index (χ0) is 12.6. The zero-order valence-corrected chi connectivity index (χ0v) is 10.7. The fourth-order valence-corrected chi connectivity index (χ4v) is 1.33. The van der Waals surface area contributed by atoms with E-state index in [-0.39, 0.29) is 18.5 Å². The molecular formula is C11H23N3O2. The second-order valence-electron chi connectivity index (χ2n) is 4.18. The number of aldehydes is 1. The van der Waals surface area contributed by atoms with E-state index in [1.807, 2.05) is 25.9 Å². The molecular weight excluding hydrogens is 206 g/mol. The van der Waals surface area contributed by atoms with Crippen LogP contribution in [0.4, 0.5) is 0 Å². The number of hydrogen-bond acceptors (Lipinski definition) is 4. The van der Waals surface area contributed by atoms with Crippen molar-refractivity contribution >= 4 is 12.2 Å². The van der Waals surface area contributed by atoms with Gasteiger partial charge in [0.15, 0.2) is 0 Å². The molecule has 0 radical (unpaired) electrons. The lowest BCUT2D eigenvalue weighted by molar-refractivity contribution is -0.123. The lowest BCUT2D eigenvalue weighted by Crippen LogP contribution is -2.42. The van der Waals surface area contributed by atoms with Gasteiger partial charge < -0.3 is 15.0 Å². The van der Waals surface area contributed by atoms with Gasteiger partial charge in [-0.3, -0.25) is 9.69 Å². The van der Waals surface area contributed by atoms with Crippen LogP contribution in [0.3, 0.4) is 0 Å². The number of carbonyl (C=O) groups excluding carboxylic acids is 2. The van der Waals surface area contributed by atoms with Crippen LogP contribution in [0.25, 0.3) is 0 Å². The molecule has 5 nitrogen and oxygen atoms in total. The molecule has 0 fully saturated rings. The minimum absolute atomic E-state index is 0.0374. The molecule has 0 aliphatic carbocycles. The SMILES string of the molecule is CCC(C=O)N(C)CC(=O)NCCN(C)C. The first kappa shape index (κ1) is 15.1. The molecule has 0 bridgehead atoms. The molecule has 0 aromatic carbocycles. The number of amides is 1. The molecule has 1 amide bonds. The number of nitrogens with one attached hydrogen (secondary N) is 1. The Balaban J connectivity index is 3.81. The molecule has 0 spiro atoms. The summed E-state index contributed by atoms with van der Waals surface area (Å²) in [7, 11) is 5.70. The third-order valence-corrected chi connectivity index (χ3v) is 2.42. The third-order valence-electron chi connectivity index (χ3n) is 2.42. The van der Waals surface area contributed by atoms with Gasteiger partial charge in [-0.05, 0) is 27.6 Å². The molecule has 0 aromatic rings. The van der Waals surface area contributed by atoms with Gasteiger partial charge in [0.25, 0.3) is 0 Å². The predicted octanol–water partition coefficient (Wildman–Crippen LogP) is -0.426. The van der Waals surface area contributed by atoms with Crippen LogP contribution in [0.5, 0.6) is 0 Å². The van der Waals surface area contributed by atoms with E-state index < -0.39 is 0 Å². The van der Waals surface area contributed by atoms with Crippen molar-refractivity contribution in [2.75, 3.05) is 40.8 Å². The monoisotopic (exact) mass is 229 g/mol.